The van der Waals surface area contributed by atoms with Gasteiger partial charge in [0.1, 0.15) is 5.25 Å². The van der Waals surface area contributed by atoms with E-state index in [2.05, 4.69) is 20.5 Å². The smallest absolute Gasteiger partial charge is 0.242 e. The quantitative estimate of drug-likeness (QED) is 0.426. The lowest BCUT2D eigenvalue weighted by Gasteiger charge is -2.15. The van der Waals surface area contributed by atoms with Crippen LogP contribution in [0.3, 0.4) is 0 Å². The molecule has 2 N–H and O–H groups in total. The number of anilines is 1. The lowest BCUT2D eigenvalue weighted by atomic mass is 10.1. The van der Waals surface area contributed by atoms with Crippen LogP contribution in [0.25, 0.3) is 10.7 Å². The summed E-state index contributed by atoms with van der Waals surface area (Å²) in [6, 6.07) is 21.4. The van der Waals surface area contributed by atoms with Crippen molar-refractivity contribution in [2.24, 2.45) is 0 Å². The largest absolute Gasteiger partial charge is 0.325 e. The van der Waals surface area contributed by atoms with Gasteiger partial charge in [0.2, 0.25) is 11.1 Å². The van der Waals surface area contributed by atoms with Crippen molar-refractivity contribution in [3.8, 4) is 10.7 Å². The van der Waals surface area contributed by atoms with Crippen molar-refractivity contribution in [2.75, 3.05) is 5.32 Å². The Bertz CT molecular complexity index is 1040. The standard InChI is InChI=1S/C21H18N4OS2/c1-14-9-11-16(12-10-14)22-20(26)18(15-6-3-2-4-7-15)28-21-23-19(24-25-21)17-8-5-13-27-17/h2-13,18H,1H3,(H,22,26)(H,23,24,25). The molecule has 0 fully saturated rings. The molecule has 4 aromatic rings. The lowest BCUT2D eigenvalue weighted by molar-refractivity contribution is -0.115. The average Bonchev–Trinajstić information content (AvgIpc) is 3.40. The Kier molecular flexibility index (Phi) is 5.55. The van der Waals surface area contributed by atoms with Crippen molar-refractivity contribution in [2.45, 2.75) is 17.3 Å². The first kappa shape index (κ1) is 18.5. The molecule has 4 rings (SSSR count). The predicted octanol–water partition coefficient (Wildman–Crippen LogP) is 5.31. The molecule has 7 heteroatoms. The number of H-pyrrole nitrogens is 1. The van der Waals surface area contributed by atoms with Crippen molar-refractivity contribution in [3.05, 3.63) is 83.2 Å². The van der Waals surface area contributed by atoms with Gasteiger partial charge in [-0.15, -0.1) is 16.4 Å². The van der Waals surface area contributed by atoms with Crippen LogP contribution in [0, 0.1) is 6.92 Å². The molecule has 5 nitrogen and oxygen atoms in total. The molecule has 2 aromatic heterocycles. The number of thiophene rings is 1. The van der Waals surface area contributed by atoms with Gasteiger partial charge in [0, 0.05) is 5.69 Å². The van der Waals surface area contributed by atoms with Crippen molar-refractivity contribution in [3.63, 3.8) is 0 Å². The van der Waals surface area contributed by atoms with Crippen LogP contribution in [0.5, 0.6) is 0 Å². The first-order chi connectivity index (χ1) is 13.7. The van der Waals surface area contributed by atoms with Gasteiger partial charge >= 0.3 is 0 Å². The van der Waals surface area contributed by atoms with E-state index >= 15 is 0 Å². The van der Waals surface area contributed by atoms with Crippen molar-refractivity contribution < 1.29 is 4.79 Å². The Hall–Kier alpha value is -2.90. The molecule has 0 aliphatic rings. The average molecular weight is 407 g/mol. The minimum absolute atomic E-state index is 0.109. The predicted molar refractivity (Wildman–Crippen MR) is 115 cm³/mol. The van der Waals surface area contributed by atoms with Crippen LogP contribution in [0.15, 0.2) is 77.3 Å². The first-order valence-electron chi connectivity index (χ1n) is 8.74. The number of aromatic nitrogens is 3. The normalized spacial score (nSPS) is 11.9. The maximum Gasteiger partial charge on any atom is 0.242 e. The summed E-state index contributed by atoms with van der Waals surface area (Å²) in [6.07, 6.45) is 0. The molecule has 1 amide bonds. The van der Waals surface area contributed by atoms with E-state index in [4.69, 9.17) is 0 Å². The van der Waals surface area contributed by atoms with Crippen LogP contribution < -0.4 is 5.32 Å². The highest BCUT2D eigenvalue weighted by molar-refractivity contribution is 8.00. The molecule has 2 heterocycles. The third kappa shape index (κ3) is 4.32. The van der Waals surface area contributed by atoms with Crippen LogP contribution >= 0.6 is 23.1 Å². The van der Waals surface area contributed by atoms with E-state index in [0.717, 1.165) is 21.7 Å². The summed E-state index contributed by atoms with van der Waals surface area (Å²) in [4.78, 5) is 18.6. The van der Waals surface area contributed by atoms with Gasteiger partial charge in [-0.1, -0.05) is 65.9 Å². The third-order valence-electron chi connectivity index (χ3n) is 4.10. The number of aromatic amines is 1. The summed E-state index contributed by atoms with van der Waals surface area (Å²) in [5.74, 6) is 0.603. The maximum atomic E-state index is 13.0. The molecule has 0 aliphatic heterocycles. The van der Waals surface area contributed by atoms with Crippen LogP contribution in [0.4, 0.5) is 5.69 Å². The first-order valence-corrected chi connectivity index (χ1v) is 10.5. The van der Waals surface area contributed by atoms with Gasteiger partial charge < -0.3 is 5.32 Å². The highest BCUT2D eigenvalue weighted by atomic mass is 32.2. The lowest BCUT2D eigenvalue weighted by Crippen LogP contribution is -2.19. The second-order valence-corrected chi connectivity index (χ2v) is 8.23. The Morgan fingerprint density at radius 3 is 2.57 bits per heavy atom. The monoisotopic (exact) mass is 406 g/mol. The fraction of sp³-hybridized carbons (Fsp3) is 0.0952. The number of carbonyl (C=O) groups excluding carboxylic acids is 1. The number of nitrogens with zero attached hydrogens (tertiary/aromatic N) is 2. The molecule has 0 spiro atoms. The molecule has 0 radical (unpaired) electrons. The number of rotatable bonds is 6. The number of thioether (sulfide) groups is 1. The van der Waals surface area contributed by atoms with E-state index in [1.165, 1.54) is 11.8 Å². The summed E-state index contributed by atoms with van der Waals surface area (Å²) in [7, 11) is 0. The summed E-state index contributed by atoms with van der Waals surface area (Å²) in [6.45, 7) is 2.02. The van der Waals surface area contributed by atoms with Crippen molar-refractivity contribution in [1.82, 2.24) is 15.2 Å². The number of carbonyl (C=O) groups is 1. The third-order valence-corrected chi connectivity index (χ3v) is 6.09. The number of benzene rings is 2. The van der Waals surface area contributed by atoms with Gasteiger partial charge in [-0.25, -0.2) is 4.98 Å². The van der Waals surface area contributed by atoms with E-state index in [1.54, 1.807) is 11.3 Å². The fourth-order valence-electron chi connectivity index (χ4n) is 2.67. The zero-order chi connectivity index (χ0) is 19.3. The summed E-state index contributed by atoms with van der Waals surface area (Å²) >= 11 is 2.92. The number of hydrogen-bond donors (Lipinski definition) is 2. The Morgan fingerprint density at radius 1 is 1.07 bits per heavy atom. The summed E-state index contributed by atoms with van der Waals surface area (Å²) in [5.41, 5.74) is 2.82. The van der Waals surface area contributed by atoms with Crippen LogP contribution in [-0.4, -0.2) is 21.1 Å². The molecule has 28 heavy (non-hydrogen) atoms. The molecule has 0 saturated carbocycles. The number of aryl methyl sites for hydroxylation is 1. The van der Waals surface area contributed by atoms with E-state index in [0.29, 0.717) is 11.0 Å². The van der Waals surface area contributed by atoms with Gasteiger partial charge in [0.25, 0.3) is 0 Å². The fourth-order valence-corrected chi connectivity index (χ4v) is 4.25. The second-order valence-electron chi connectivity index (χ2n) is 6.21. The second kappa shape index (κ2) is 8.41. The minimum atomic E-state index is -0.463. The van der Waals surface area contributed by atoms with E-state index < -0.39 is 5.25 Å². The Balaban J connectivity index is 1.57. The van der Waals surface area contributed by atoms with Crippen LogP contribution in [0.1, 0.15) is 16.4 Å². The summed E-state index contributed by atoms with van der Waals surface area (Å²) in [5, 5.41) is 12.3. The van der Waals surface area contributed by atoms with E-state index in [9.17, 15) is 4.79 Å². The Morgan fingerprint density at radius 2 is 1.86 bits per heavy atom. The molecule has 0 saturated heterocycles. The molecule has 0 bridgehead atoms. The zero-order valence-electron chi connectivity index (χ0n) is 15.1. The molecule has 1 atom stereocenters. The maximum absolute atomic E-state index is 13.0. The Labute approximate surface area is 171 Å². The molecule has 0 aliphatic carbocycles. The molecule has 140 valence electrons. The van der Waals surface area contributed by atoms with Crippen molar-refractivity contribution >= 4 is 34.7 Å². The van der Waals surface area contributed by atoms with Gasteiger partial charge in [-0.2, -0.15) is 0 Å². The molecular weight excluding hydrogens is 388 g/mol. The van der Waals surface area contributed by atoms with E-state index in [-0.39, 0.29) is 5.91 Å². The molecule has 2 aromatic carbocycles. The van der Waals surface area contributed by atoms with Gasteiger partial charge in [-0.3, -0.25) is 9.89 Å². The highest BCUT2D eigenvalue weighted by Gasteiger charge is 2.24. The number of amides is 1. The molecular formula is C21H18N4OS2. The van der Waals surface area contributed by atoms with Crippen LogP contribution in [-0.2, 0) is 4.79 Å². The number of nitrogens with one attached hydrogen (secondary N) is 2. The van der Waals surface area contributed by atoms with Crippen LogP contribution in [0.2, 0.25) is 0 Å². The highest BCUT2D eigenvalue weighted by Crippen LogP contribution is 2.35. The minimum Gasteiger partial charge on any atom is -0.325 e. The number of hydrogen-bond acceptors (Lipinski definition) is 5. The van der Waals surface area contributed by atoms with Gasteiger partial charge in [0.05, 0.1) is 4.88 Å². The van der Waals surface area contributed by atoms with Gasteiger partial charge in [-0.05, 0) is 36.1 Å². The SMILES string of the molecule is Cc1ccc(NC(=O)C(Sc2n[nH]c(-c3cccs3)n2)c2ccccc2)cc1. The van der Waals surface area contributed by atoms with E-state index in [1.807, 2.05) is 79.0 Å². The summed E-state index contributed by atoms with van der Waals surface area (Å²) < 4.78 is 0. The van der Waals surface area contributed by atoms with Crippen molar-refractivity contribution in [1.29, 1.82) is 0 Å². The topological polar surface area (TPSA) is 70.7 Å². The zero-order valence-corrected chi connectivity index (χ0v) is 16.8. The molecule has 1 unspecified atom stereocenters. The van der Waals surface area contributed by atoms with Gasteiger partial charge in [0.15, 0.2) is 5.82 Å².